The van der Waals surface area contributed by atoms with Gasteiger partial charge < -0.3 is 20.5 Å². The fourth-order valence-corrected chi connectivity index (χ4v) is 4.91. The molecule has 2 atom stereocenters. The Balaban J connectivity index is 1.94. The van der Waals surface area contributed by atoms with Crippen molar-refractivity contribution in [1.82, 2.24) is 5.32 Å². The molecule has 2 aromatic rings. The average Bonchev–Trinajstić information content (AvgIpc) is 2.85. The molecular formula is C24H25F7N4O6S. The summed E-state index contributed by atoms with van der Waals surface area (Å²) in [5, 5.41) is 4.03. The Kier molecular flexibility index (Phi) is 8.66. The van der Waals surface area contributed by atoms with Crippen molar-refractivity contribution in [2.75, 3.05) is 22.7 Å². The van der Waals surface area contributed by atoms with Gasteiger partial charge in [0, 0.05) is 5.69 Å². The number of alkyl halides is 6. The first-order chi connectivity index (χ1) is 19.1. The third-order valence-corrected chi connectivity index (χ3v) is 7.91. The summed E-state index contributed by atoms with van der Waals surface area (Å²) in [5.41, 5.74) is -1.48. The topological polar surface area (TPSA) is 140 Å². The van der Waals surface area contributed by atoms with E-state index in [0.29, 0.717) is 20.8 Å². The Bertz CT molecular complexity index is 1440. The zero-order valence-corrected chi connectivity index (χ0v) is 22.9. The van der Waals surface area contributed by atoms with Crippen LogP contribution < -0.4 is 25.4 Å². The minimum absolute atomic E-state index is 0.188. The normalized spacial score (nSPS) is 17.4. The molecule has 2 amide bonds. The lowest BCUT2D eigenvalue weighted by molar-refractivity contribution is -0.242. The van der Waals surface area contributed by atoms with Crippen LogP contribution in [0.4, 0.5) is 46.9 Å². The molecule has 1 aliphatic heterocycles. The molecule has 18 heteroatoms. The van der Waals surface area contributed by atoms with E-state index in [1.807, 2.05) is 5.32 Å². The molecule has 0 spiro atoms. The number of hydrogen-bond acceptors (Lipinski definition) is 7. The summed E-state index contributed by atoms with van der Waals surface area (Å²) in [7, 11) is -4.53. The highest BCUT2D eigenvalue weighted by Gasteiger charge is 2.54. The molecule has 1 aliphatic rings. The summed E-state index contributed by atoms with van der Waals surface area (Å²) in [5.74, 6) is -2.55. The Morgan fingerprint density at radius 3 is 2.17 bits per heavy atom. The van der Waals surface area contributed by atoms with Gasteiger partial charge in [-0.05, 0) is 63.2 Å². The fraction of sp³-hybridized carbons (Fsp3) is 0.417. The highest BCUT2D eigenvalue weighted by molar-refractivity contribution is 7.92. The van der Waals surface area contributed by atoms with Crippen LogP contribution in [-0.2, 0) is 19.6 Å². The Labute approximate surface area is 235 Å². The maximum absolute atomic E-state index is 13.5. The quantitative estimate of drug-likeness (QED) is 0.392. The van der Waals surface area contributed by atoms with Crippen LogP contribution in [0.2, 0.25) is 0 Å². The second-order valence-corrected chi connectivity index (χ2v) is 11.7. The highest BCUT2D eigenvalue weighted by Crippen LogP contribution is 2.39. The Hall–Kier alpha value is -3.80. The second kappa shape index (κ2) is 11.1. The van der Waals surface area contributed by atoms with E-state index in [-0.39, 0.29) is 17.1 Å². The van der Waals surface area contributed by atoms with Crippen molar-refractivity contribution in [3.8, 4) is 5.75 Å². The molecule has 0 aromatic heterocycles. The van der Waals surface area contributed by atoms with Crippen molar-refractivity contribution in [3.63, 3.8) is 0 Å². The standard InChI is InChI=1S/C24H25F7N4O6S/c1-21(2,23(26,27)28)41-20(37)34-14-6-9-18-17(10-14)35(42(38,39)16-7-4-13(25)5-8-16)12-15(40-18)11-33-19(36)22(3,32)24(29,30)31/h4-10,15H,11-12,32H2,1-3H3,(H,33,36)(H,34,37). The number of rotatable bonds is 7. The number of benzene rings is 2. The van der Waals surface area contributed by atoms with Crippen LogP contribution in [0.5, 0.6) is 5.75 Å². The van der Waals surface area contributed by atoms with Crippen molar-refractivity contribution in [3.05, 3.63) is 48.3 Å². The molecule has 3 rings (SSSR count). The minimum Gasteiger partial charge on any atom is -0.484 e. The van der Waals surface area contributed by atoms with Crippen LogP contribution in [0.25, 0.3) is 0 Å². The molecule has 0 radical (unpaired) electrons. The zero-order chi connectivity index (χ0) is 31.9. The number of carbonyl (C=O) groups is 2. The lowest BCUT2D eigenvalue weighted by Crippen LogP contribution is -2.62. The van der Waals surface area contributed by atoms with Gasteiger partial charge in [0.2, 0.25) is 11.5 Å². The van der Waals surface area contributed by atoms with Gasteiger partial charge in [-0.25, -0.2) is 17.6 Å². The predicted molar refractivity (Wildman–Crippen MR) is 134 cm³/mol. The number of carbonyl (C=O) groups excluding carboxylic acids is 2. The first-order valence-corrected chi connectivity index (χ1v) is 13.3. The molecule has 0 fully saturated rings. The SMILES string of the molecule is CC(C)(OC(=O)Nc1ccc2c(c1)N(S(=O)(=O)c1ccc(F)cc1)CC(CNC(=O)C(C)(N)C(F)(F)F)O2)C(F)(F)F. The number of nitrogens with zero attached hydrogens (tertiary/aromatic N) is 1. The summed E-state index contributed by atoms with van der Waals surface area (Å²) >= 11 is 0. The third-order valence-electron chi connectivity index (χ3n) is 6.12. The molecule has 1 heterocycles. The Morgan fingerprint density at radius 1 is 1.02 bits per heavy atom. The zero-order valence-electron chi connectivity index (χ0n) is 22.1. The van der Waals surface area contributed by atoms with Crippen molar-refractivity contribution in [1.29, 1.82) is 0 Å². The molecule has 2 aromatic carbocycles. The van der Waals surface area contributed by atoms with E-state index < -0.39 is 75.4 Å². The highest BCUT2D eigenvalue weighted by atomic mass is 32.2. The molecular weight excluding hydrogens is 605 g/mol. The molecule has 4 N–H and O–H groups in total. The van der Waals surface area contributed by atoms with Crippen LogP contribution in [-0.4, -0.2) is 63.1 Å². The molecule has 0 saturated carbocycles. The molecule has 0 saturated heterocycles. The van der Waals surface area contributed by atoms with Gasteiger partial charge in [-0.3, -0.25) is 14.4 Å². The number of fused-ring (bicyclic) bond motifs is 1. The summed E-state index contributed by atoms with van der Waals surface area (Å²) in [6.07, 6.45) is -12.8. The van der Waals surface area contributed by atoms with Crippen molar-refractivity contribution in [2.45, 2.75) is 55.3 Å². The van der Waals surface area contributed by atoms with Gasteiger partial charge in [0.05, 0.1) is 23.7 Å². The Morgan fingerprint density at radius 2 is 1.62 bits per heavy atom. The van der Waals surface area contributed by atoms with Gasteiger partial charge >= 0.3 is 18.4 Å². The van der Waals surface area contributed by atoms with Crippen molar-refractivity contribution >= 4 is 33.4 Å². The van der Waals surface area contributed by atoms with Gasteiger partial charge in [-0.2, -0.15) is 26.3 Å². The van der Waals surface area contributed by atoms with Gasteiger partial charge in [0.15, 0.2) is 5.54 Å². The maximum atomic E-state index is 13.5. The van der Waals surface area contributed by atoms with E-state index in [1.165, 1.54) is 0 Å². The third kappa shape index (κ3) is 6.80. The smallest absolute Gasteiger partial charge is 0.427 e. The van der Waals surface area contributed by atoms with Crippen LogP contribution in [0, 0.1) is 5.82 Å². The van der Waals surface area contributed by atoms with Crippen LogP contribution in [0.15, 0.2) is 47.4 Å². The minimum atomic E-state index is -5.10. The number of nitrogens with one attached hydrogen (secondary N) is 2. The molecule has 10 nitrogen and oxygen atoms in total. The largest absolute Gasteiger partial charge is 0.484 e. The van der Waals surface area contributed by atoms with E-state index in [9.17, 15) is 48.7 Å². The van der Waals surface area contributed by atoms with E-state index in [1.54, 1.807) is 0 Å². The van der Waals surface area contributed by atoms with Crippen LogP contribution >= 0.6 is 0 Å². The number of amides is 2. The van der Waals surface area contributed by atoms with Crippen molar-refractivity contribution in [2.24, 2.45) is 5.73 Å². The van der Waals surface area contributed by atoms with E-state index in [2.05, 4.69) is 10.1 Å². The number of anilines is 2. The average molecular weight is 631 g/mol. The fourth-order valence-electron chi connectivity index (χ4n) is 3.41. The molecule has 0 aliphatic carbocycles. The van der Waals surface area contributed by atoms with Gasteiger partial charge in [-0.15, -0.1) is 0 Å². The lowest BCUT2D eigenvalue weighted by Gasteiger charge is -2.36. The number of nitrogens with two attached hydrogens (primary N) is 1. The lowest BCUT2D eigenvalue weighted by atomic mass is 10.0. The first kappa shape index (κ1) is 32.7. The summed E-state index contributed by atoms with van der Waals surface area (Å²) in [6, 6.07) is 6.91. The van der Waals surface area contributed by atoms with Crippen molar-refractivity contribution < 1.29 is 58.2 Å². The summed E-state index contributed by atoms with van der Waals surface area (Å²) < 4.78 is 130. The molecule has 0 bridgehead atoms. The number of hydrogen-bond donors (Lipinski definition) is 3. The van der Waals surface area contributed by atoms with E-state index >= 15 is 0 Å². The molecule has 232 valence electrons. The van der Waals surface area contributed by atoms with Crippen LogP contribution in [0.3, 0.4) is 0 Å². The second-order valence-electron chi connectivity index (χ2n) is 9.85. The first-order valence-electron chi connectivity index (χ1n) is 11.9. The summed E-state index contributed by atoms with van der Waals surface area (Å²) in [6.45, 7) is 0.446. The molecule has 42 heavy (non-hydrogen) atoms. The maximum Gasteiger partial charge on any atom is 0.427 e. The van der Waals surface area contributed by atoms with Gasteiger partial charge in [0.1, 0.15) is 17.7 Å². The molecule has 2 unspecified atom stereocenters. The number of halogens is 7. The number of ether oxygens (including phenoxy) is 2. The predicted octanol–water partition coefficient (Wildman–Crippen LogP) is 4.07. The van der Waals surface area contributed by atoms with Gasteiger partial charge in [-0.1, -0.05) is 0 Å². The van der Waals surface area contributed by atoms with Gasteiger partial charge in [0.25, 0.3) is 10.0 Å². The van der Waals surface area contributed by atoms with Crippen LogP contribution in [0.1, 0.15) is 20.8 Å². The number of sulfonamides is 1. The van der Waals surface area contributed by atoms with E-state index in [0.717, 1.165) is 46.8 Å². The van der Waals surface area contributed by atoms with E-state index in [4.69, 9.17) is 10.5 Å². The monoisotopic (exact) mass is 630 g/mol. The summed E-state index contributed by atoms with van der Waals surface area (Å²) in [4.78, 5) is 23.9.